The Hall–Kier alpha value is -2.51. The third-order valence-corrected chi connectivity index (χ3v) is 5.41. The van der Waals surface area contributed by atoms with E-state index in [-0.39, 0.29) is 11.8 Å². The minimum atomic E-state index is -0.156. The third-order valence-electron chi connectivity index (χ3n) is 3.54. The van der Waals surface area contributed by atoms with Crippen molar-refractivity contribution in [1.82, 2.24) is 10.3 Å². The van der Waals surface area contributed by atoms with Gasteiger partial charge >= 0.3 is 0 Å². The fourth-order valence-electron chi connectivity index (χ4n) is 2.26. The first-order valence-electron chi connectivity index (χ1n) is 7.69. The van der Waals surface area contributed by atoms with Gasteiger partial charge in [0.15, 0.2) is 5.13 Å². The standard InChI is InChI=1S/C18H17N3O2S2/c1-11-5-3-4-6-14(11)17(23)21-18-20-15(10-24-18)16-8-7-13(25-16)9-19-12(2)22/h3-8,10H,9H2,1-2H3,(H,19,22)(H,20,21,23). The Labute approximate surface area is 153 Å². The highest BCUT2D eigenvalue weighted by Crippen LogP contribution is 2.31. The number of thiophene rings is 1. The second-order valence-electron chi connectivity index (χ2n) is 5.48. The Balaban J connectivity index is 1.69. The van der Waals surface area contributed by atoms with Crippen molar-refractivity contribution in [3.63, 3.8) is 0 Å². The van der Waals surface area contributed by atoms with Crippen LogP contribution < -0.4 is 10.6 Å². The van der Waals surface area contributed by atoms with E-state index >= 15 is 0 Å². The summed E-state index contributed by atoms with van der Waals surface area (Å²) in [6.07, 6.45) is 0. The van der Waals surface area contributed by atoms with E-state index in [4.69, 9.17) is 0 Å². The number of nitrogens with one attached hydrogen (secondary N) is 2. The Morgan fingerprint density at radius 1 is 1.16 bits per heavy atom. The van der Waals surface area contributed by atoms with Crippen molar-refractivity contribution in [3.8, 4) is 10.6 Å². The molecule has 1 aromatic carbocycles. The first-order chi connectivity index (χ1) is 12.0. The molecule has 0 saturated carbocycles. The van der Waals surface area contributed by atoms with Gasteiger partial charge in [-0.2, -0.15) is 0 Å². The van der Waals surface area contributed by atoms with E-state index in [1.807, 2.05) is 42.6 Å². The van der Waals surface area contributed by atoms with E-state index < -0.39 is 0 Å². The first-order valence-corrected chi connectivity index (χ1v) is 9.38. The Morgan fingerprint density at radius 2 is 1.96 bits per heavy atom. The Bertz CT molecular complexity index is 914. The van der Waals surface area contributed by atoms with Crippen molar-refractivity contribution in [2.24, 2.45) is 0 Å². The molecule has 0 aliphatic carbocycles. The topological polar surface area (TPSA) is 71.1 Å². The highest BCUT2D eigenvalue weighted by Gasteiger charge is 2.12. The molecule has 0 spiro atoms. The number of aryl methyl sites for hydroxylation is 1. The molecule has 0 bridgehead atoms. The molecule has 25 heavy (non-hydrogen) atoms. The monoisotopic (exact) mass is 371 g/mol. The highest BCUT2D eigenvalue weighted by atomic mass is 32.1. The minimum absolute atomic E-state index is 0.0511. The number of rotatable bonds is 5. The predicted molar refractivity (Wildman–Crippen MR) is 102 cm³/mol. The summed E-state index contributed by atoms with van der Waals surface area (Å²) >= 11 is 2.97. The van der Waals surface area contributed by atoms with Gasteiger partial charge in [0.1, 0.15) is 0 Å². The van der Waals surface area contributed by atoms with Crippen molar-refractivity contribution in [1.29, 1.82) is 0 Å². The number of aromatic nitrogens is 1. The molecule has 2 amide bonds. The van der Waals surface area contributed by atoms with Gasteiger partial charge in [0.05, 0.1) is 17.1 Å². The van der Waals surface area contributed by atoms with Crippen molar-refractivity contribution < 1.29 is 9.59 Å². The molecular formula is C18H17N3O2S2. The van der Waals surface area contributed by atoms with Crippen molar-refractivity contribution in [2.45, 2.75) is 20.4 Å². The number of nitrogens with zero attached hydrogens (tertiary/aromatic N) is 1. The second-order valence-corrected chi connectivity index (χ2v) is 7.51. The number of carbonyl (C=O) groups is 2. The van der Waals surface area contributed by atoms with Crippen LogP contribution in [0.2, 0.25) is 0 Å². The van der Waals surface area contributed by atoms with E-state index in [0.717, 1.165) is 21.0 Å². The molecule has 0 radical (unpaired) electrons. The fourth-order valence-corrected chi connectivity index (χ4v) is 3.95. The molecule has 7 heteroatoms. The largest absolute Gasteiger partial charge is 0.351 e. The van der Waals surface area contributed by atoms with E-state index in [2.05, 4.69) is 15.6 Å². The molecular weight excluding hydrogens is 354 g/mol. The smallest absolute Gasteiger partial charge is 0.257 e. The van der Waals surface area contributed by atoms with Crippen LogP contribution in [0.3, 0.4) is 0 Å². The summed E-state index contributed by atoms with van der Waals surface area (Å²) in [5, 5.41) is 8.12. The van der Waals surface area contributed by atoms with Gasteiger partial charge in [-0.15, -0.1) is 22.7 Å². The zero-order valence-electron chi connectivity index (χ0n) is 13.8. The van der Waals surface area contributed by atoms with Gasteiger partial charge in [-0.3, -0.25) is 14.9 Å². The lowest BCUT2D eigenvalue weighted by Crippen LogP contribution is -2.17. The maximum absolute atomic E-state index is 12.4. The fraction of sp³-hybridized carbons (Fsp3) is 0.167. The van der Waals surface area contributed by atoms with Gasteiger partial charge in [0.25, 0.3) is 5.91 Å². The van der Waals surface area contributed by atoms with Gasteiger partial charge < -0.3 is 5.32 Å². The van der Waals surface area contributed by atoms with Crippen LogP contribution in [0, 0.1) is 6.92 Å². The van der Waals surface area contributed by atoms with Gasteiger partial charge in [-0.05, 0) is 30.7 Å². The van der Waals surface area contributed by atoms with Crippen molar-refractivity contribution in [2.75, 3.05) is 5.32 Å². The van der Waals surface area contributed by atoms with Crippen LogP contribution in [0.15, 0.2) is 41.8 Å². The minimum Gasteiger partial charge on any atom is -0.351 e. The number of hydrogen-bond acceptors (Lipinski definition) is 5. The third kappa shape index (κ3) is 4.32. The van der Waals surface area contributed by atoms with Gasteiger partial charge in [0, 0.05) is 22.7 Å². The quantitative estimate of drug-likeness (QED) is 0.710. The number of amides is 2. The summed E-state index contributed by atoms with van der Waals surface area (Å²) in [5.41, 5.74) is 2.40. The molecule has 0 atom stereocenters. The van der Waals surface area contributed by atoms with Crippen LogP contribution in [-0.2, 0) is 11.3 Å². The Kier molecular flexibility index (Phi) is 5.25. The zero-order chi connectivity index (χ0) is 17.8. The number of benzene rings is 1. The molecule has 2 aromatic heterocycles. The number of anilines is 1. The molecule has 3 rings (SSSR count). The first kappa shape index (κ1) is 17.3. The van der Waals surface area contributed by atoms with Gasteiger partial charge in [-0.25, -0.2) is 4.98 Å². The molecule has 2 N–H and O–H groups in total. The lowest BCUT2D eigenvalue weighted by molar-refractivity contribution is -0.119. The molecule has 0 saturated heterocycles. The molecule has 2 heterocycles. The van der Waals surface area contributed by atoms with E-state index in [1.54, 1.807) is 17.4 Å². The summed E-state index contributed by atoms with van der Waals surface area (Å²) < 4.78 is 0. The van der Waals surface area contributed by atoms with E-state index in [9.17, 15) is 9.59 Å². The van der Waals surface area contributed by atoms with Crippen LogP contribution in [0.5, 0.6) is 0 Å². The van der Waals surface area contributed by atoms with Crippen LogP contribution in [0.25, 0.3) is 10.6 Å². The van der Waals surface area contributed by atoms with Crippen molar-refractivity contribution in [3.05, 3.63) is 57.8 Å². The Morgan fingerprint density at radius 3 is 2.72 bits per heavy atom. The molecule has 0 aliphatic heterocycles. The highest BCUT2D eigenvalue weighted by molar-refractivity contribution is 7.17. The number of thiazole rings is 1. The van der Waals surface area contributed by atoms with Crippen LogP contribution in [-0.4, -0.2) is 16.8 Å². The van der Waals surface area contributed by atoms with Crippen molar-refractivity contribution >= 4 is 39.6 Å². The van der Waals surface area contributed by atoms with Gasteiger partial charge in [0.2, 0.25) is 5.91 Å². The van der Waals surface area contributed by atoms with E-state index in [1.165, 1.54) is 18.3 Å². The average Bonchev–Trinajstić information content (AvgIpc) is 3.22. The molecule has 0 aliphatic rings. The summed E-state index contributed by atoms with van der Waals surface area (Å²) in [6.45, 7) is 3.92. The van der Waals surface area contributed by atoms with E-state index in [0.29, 0.717) is 17.2 Å². The molecule has 3 aromatic rings. The lowest BCUT2D eigenvalue weighted by Gasteiger charge is -2.04. The van der Waals surface area contributed by atoms with Crippen LogP contribution in [0.4, 0.5) is 5.13 Å². The normalized spacial score (nSPS) is 10.5. The maximum atomic E-state index is 12.4. The zero-order valence-corrected chi connectivity index (χ0v) is 15.5. The molecule has 5 nitrogen and oxygen atoms in total. The number of carbonyl (C=O) groups excluding carboxylic acids is 2. The van der Waals surface area contributed by atoms with Crippen LogP contribution in [0.1, 0.15) is 27.7 Å². The second kappa shape index (κ2) is 7.58. The SMILES string of the molecule is CC(=O)NCc1ccc(-c2csc(NC(=O)c3ccccc3C)n2)s1. The summed E-state index contributed by atoms with van der Waals surface area (Å²) in [5.74, 6) is -0.207. The molecule has 128 valence electrons. The summed E-state index contributed by atoms with van der Waals surface area (Å²) in [7, 11) is 0. The summed E-state index contributed by atoms with van der Waals surface area (Å²) in [4.78, 5) is 29.9. The average molecular weight is 371 g/mol. The molecule has 0 fully saturated rings. The van der Waals surface area contributed by atoms with Gasteiger partial charge in [-0.1, -0.05) is 18.2 Å². The summed E-state index contributed by atoms with van der Waals surface area (Å²) in [6, 6.07) is 11.4. The maximum Gasteiger partial charge on any atom is 0.257 e. The molecule has 0 unspecified atom stereocenters. The lowest BCUT2D eigenvalue weighted by atomic mass is 10.1. The predicted octanol–water partition coefficient (Wildman–Crippen LogP) is 4.07. The number of hydrogen-bond donors (Lipinski definition) is 2. The van der Waals surface area contributed by atoms with Crippen LogP contribution >= 0.6 is 22.7 Å².